The van der Waals surface area contributed by atoms with E-state index in [-0.39, 0.29) is 24.9 Å². The third-order valence-electron chi connectivity index (χ3n) is 5.20. The van der Waals surface area contributed by atoms with Gasteiger partial charge in [-0.3, -0.25) is 19.7 Å². The fraction of sp³-hybridized carbons (Fsp3) is 0.476. The van der Waals surface area contributed by atoms with Gasteiger partial charge in [0.05, 0.1) is 18.6 Å². The van der Waals surface area contributed by atoms with Crippen LogP contribution in [0.15, 0.2) is 30.3 Å². The molecule has 2 aliphatic rings. The zero-order valence-electron chi connectivity index (χ0n) is 16.5. The van der Waals surface area contributed by atoms with Crippen molar-refractivity contribution in [1.29, 1.82) is 0 Å². The highest BCUT2D eigenvalue weighted by Crippen LogP contribution is 2.29. The maximum atomic E-state index is 12.8. The second kappa shape index (κ2) is 10.1. The molecule has 3 amide bonds. The number of rotatable bonds is 0. The molecule has 0 atom stereocenters. The number of fused-ring (bicyclic) bond motifs is 1. The molecule has 8 nitrogen and oxygen atoms in total. The molecule has 0 aromatic heterocycles. The van der Waals surface area contributed by atoms with Crippen LogP contribution in [-0.2, 0) is 14.4 Å². The van der Waals surface area contributed by atoms with Gasteiger partial charge in [-0.15, -0.1) is 0 Å². The Morgan fingerprint density at radius 2 is 1.62 bits per heavy atom. The average Bonchev–Trinajstić information content (AvgIpc) is 3.21. The van der Waals surface area contributed by atoms with Crippen molar-refractivity contribution >= 4 is 23.8 Å². The molecule has 1 aromatic carbocycles. The van der Waals surface area contributed by atoms with Crippen LogP contribution in [0, 0.1) is 0 Å². The highest BCUT2D eigenvalue weighted by Gasteiger charge is 2.40. The summed E-state index contributed by atoms with van der Waals surface area (Å²) in [7, 11) is 0. The van der Waals surface area contributed by atoms with Crippen LogP contribution in [0.2, 0.25) is 0 Å². The van der Waals surface area contributed by atoms with Crippen LogP contribution in [0.5, 0.6) is 5.75 Å². The van der Waals surface area contributed by atoms with Crippen molar-refractivity contribution in [2.75, 3.05) is 32.8 Å². The van der Waals surface area contributed by atoms with E-state index in [2.05, 4.69) is 21.3 Å². The number of amides is 3. The topological polar surface area (TPSA) is 109 Å². The molecule has 1 aliphatic heterocycles. The third-order valence-corrected chi connectivity index (χ3v) is 5.20. The molecule has 1 saturated carbocycles. The van der Waals surface area contributed by atoms with E-state index in [1.807, 2.05) is 36.4 Å². The molecule has 4 N–H and O–H groups in total. The van der Waals surface area contributed by atoms with Crippen molar-refractivity contribution in [2.24, 2.45) is 0 Å². The molecular weight excluding hydrogens is 372 g/mol. The molecule has 156 valence electrons. The summed E-state index contributed by atoms with van der Waals surface area (Å²) in [5.41, 5.74) is 0.232. The van der Waals surface area contributed by atoms with Crippen molar-refractivity contribution in [1.82, 2.24) is 21.3 Å². The first-order valence-electron chi connectivity index (χ1n) is 10.0. The van der Waals surface area contributed by atoms with Crippen LogP contribution >= 0.6 is 0 Å². The Morgan fingerprint density at radius 3 is 2.45 bits per heavy atom. The predicted molar refractivity (Wildman–Crippen MR) is 109 cm³/mol. The van der Waals surface area contributed by atoms with Gasteiger partial charge in [0.25, 0.3) is 0 Å². The summed E-state index contributed by atoms with van der Waals surface area (Å²) in [4.78, 5) is 36.6. The summed E-state index contributed by atoms with van der Waals surface area (Å²) in [5.74, 6) is -0.126. The zero-order chi connectivity index (χ0) is 20.5. The summed E-state index contributed by atoms with van der Waals surface area (Å²) < 4.78 is 5.91. The van der Waals surface area contributed by atoms with Gasteiger partial charge in [-0.05, 0) is 18.9 Å². The Kier molecular flexibility index (Phi) is 7.24. The average molecular weight is 400 g/mol. The number of hydrogen-bond acceptors (Lipinski definition) is 5. The normalized spacial score (nSPS) is 22.3. The number of carbonyl (C=O) groups is 3. The van der Waals surface area contributed by atoms with E-state index in [4.69, 9.17) is 4.74 Å². The summed E-state index contributed by atoms with van der Waals surface area (Å²) in [6, 6.07) is 7.65. The molecule has 1 heterocycles. The largest absolute Gasteiger partial charge is 0.492 e. The fourth-order valence-electron chi connectivity index (χ4n) is 3.66. The molecule has 1 aliphatic carbocycles. The molecule has 0 bridgehead atoms. The minimum Gasteiger partial charge on any atom is -0.492 e. The quantitative estimate of drug-likeness (QED) is 0.502. The molecule has 0 unspecified atom stereocenters. The van der Waals surface area contributed by atoms with E-state index >= 15 is 0 Å². The van der Waals surface area contributed by atoms with Crippen molar-refractivity contribution in [3.8, 4) is 5.75 Å². The monoisotopic (exact) mass is 400 g/mol. The van der Waals surface area contributed by atoms with E-state index in [0.29, 0.717) is 19.7 Å². The van der Waals surface area contributed by atoms with Crippen LogP contribution in [0.3, 0.4) is 0 Å². The molecule has 3 rings (SSSR count). The minimum absolute atomic E-state index is 0.133. The molecule has 1 aromatic rings. The lowest BCUT2D eigenvalue weighted by atomic mass is 9.96. The zero-order valence-corrected chi connectivity index (χ0v) is 16.5. The molecule has 0 radical (unpaired) electrons. The van der Waals surface area contributed by atoms with Crippen LogP contribution in [0.25, 0.3) is 6.08 Å². The van der Waals surface area contributed by atoms with Gasteiger partial charge in [0, 0.05) is 18.7 Å². The number of carbonyl (C=O) groups excluding carboxylic acids is 3. The Labute approximate surface area is 170 Å². The predicted octanol–water partition coefficient (Wildman–Crippen LogP) is 0.343. The summed E-state index contributed by atoms with van der Waals surface area (Å²) >= 11 is 0. The molecule has 8 heteroatoms. The maximum Gasteiger partial charge on any atom is 0.240 e. The molecular formula is C21H28N4O4. The first-order valence-corrected chi connectivity index (χ1v) is 10.0. The molecule has 0 saturated heterocycles. The van der Waals surface area contributed by atoms with Crippen molar-refractivity contribution in [3.05, 3.63) is 35.9 Å². The van der Waals surface area contributed by atoms with E-state index < -0.39 is 11.4 Å². The maximum absolute atomic E-state index is 12.8. The van der Waals surface area contributed by atoms with Crippen molar-refractivity contribution < 1.29 is 19.1 Å². The van der Waals surface area contributed by atoms with Gasteiger partial charge in [-0.1, -0.05) is 43.2 Å². The fourth-order valence-corrected chi connectivity index (χ4v) is 3.66. The SMILES string of the molecule is O=C1CNC(=O)CNC(=O)C2(CCCC2)NCCOc2ccccc2/C=C/CN1. The summed E-state index contributed by atoms with van der Waals surface area (Å²) in [5, 5.41) is 11.3. The highest BCUT2D eigenvalue weighted by atomic mass is 16.5. The Balaban J connectivity index is 1.72. The lowest BCUT2D eigenvalue weighted by Gasteiger charge is -2.29. The van der Waals surface area contributed by atoms with Crippen LogP contribution in [0.4, 0.5) is 0 Å². The number of ether oxygens (including phenoxy) is 1. The van der Waals surface area contributed by atoms with Crippen LogP contribution in [0.1, 0.15) is 31.2 Å². The minimum atomic E-state index is -0.675. The Morgan fingerprint density at radius 1 is 0.897 bits per heavy atom. The Bertz CT molecular complexity index is 772. The standard InChI is InChI=1S/C21H28N4O4/c26-18-14-23-19(27)15-24-20(28)21(9-3-4-10-21)25-12-13-29-17-8-2-1-6-16(17)7-5-11-22-18/h1-2,5-8,25H,3-4,9-15H2,(H,22,26)(H,23,27)(H,24,28)/b7-5+. The van der Waals surface area contributed by atoms with Gasteiger partial charge in [-0.2, -0.15) is 0 Å². The van der Waals surface area contributed by atoms with Gasteiger partial charge in [-0.25, -0.2) is 0 Å². The van der Waals surface area contributed by atoms with Gasteiger partial charge in [0.15, 0.2) is 0 Å². The van der Waals surface area contributed by atoms with E-state index in [1.165, 1.54) is 0 Å². The smallest absolute Gasteiger partial charge is 0.240 e. The van der Waals surface area contributed by atoms with E-state index in [0.717, 1.165) is 37.0 Å². The lowest BCUT2D eigenvalue weighted by molar-refractivity contribution is -0.130. The van der Waals surface area contributed by atoms with Gasteiger partial charge >= 0.3 is 0 Å². The Hall–Kier alpha value is -2.87. The van der Waals surface area contributed by atoms with Gasteiger partial charge < -0.3 is 20.7 Å². The summed E-state index contributed by atoms with van der Waals surface area (Å²) in [6.07, 6.45) is 7.08. The second-order valence-electron chi connectivity index (χ2n) is 7.27. The van der Waals surface area contributed by atoms with Crippen LogP contribution in [-0.4, -0.2) is 56.0 Å². The number of para-hydroxylation sites is 1. The second-order valence-corrected chi connectivity index (χ2v) is 7.27. The van der Waals surface area contributed by atoms with E-state index in [1.54, 1.807) is 0 Å². The van der Waals surface area contributed by atoms with Crippen LogP contribution < -0.4 is 26.0 Å². The molecule has 1 fully saturated rings. The number of benzene rings is 1. The highest BCUT2D eigenvalue weighted by molar-refractivity contribution is 5.91. The molecule has 1 spiro atoms. The number of hydrogen-bond donors (Lipinski definition) is 4. The van der Waals surface area contributed by atoms with Crippen molar-refractivity contribution in [3.63, 3.8) is 0 Å². The lowest BCUT2D eigenvalue weighted by Crippen LogP contribution is -2.57. The first kappa shape index (κ1) is 20.9. The summed E-state index contributed by atoms with van der Waals surface area (Å²) in [6.45, 7) is 0.986. The van der Waals surface area contributed by atoms with Gasteiger partial charge in [0.1, 0.15) is 12.4 Å². The number of nitrogens with one attached hydrogen (secondary N) is 4. The van der Waals surface area contributed by atoms with E-state index in [9.17, 15) is 14.4 Å². The van der Waals surface area contributed by atoms with Gasteiger partial charge in [0.2, 0.25) is 17.7 Å². The molecule has 29 heavy (non-hydrogen) atoms. The third kappa shape index (κ3) is 5.80. The van der Waals surface area contributed by atoms with Crippen molar-refractivity contribution in [2.45, 2.75) is 31.2 Å². The first-order chi connectivity index (χ1) is 14.1.